The summed E-state index contributed by atoms with van der Waals surface area (Å²) in [6.45, 7) is 4.46. The molecule has 1 N–H and O–H groups in total. The minimum Gasteiger partial charge on any atom is -0.497 e. The number of hydrogen-bond donors (Lipinski definition) is 1. The zero-order valence-electron chi connectivity index (χ0n) is 16.1. The van der Waals surface area contributed by atoms with E-state index in [-0.39, 0.29) is 6.10 Å². The summed E-state index contributed by atoms with van der Waals surface area (Å²) < 4.78 is 5.36. The van der Waals surface area contributed by atoms with Gasteiger partial charge in [-0.25, -0.2) is 0 Å². The van der Waals surface area contributed by atoms with Gasteiger partial charge in [-0.2, -0.15) is 0 Å². The fraction of sp³-hybridized carbons (Fsp3) is 0.545. The molecular weight excluding hydrogens is 356 g/mol. The molecule has 146 valence electrons. The molecule has 2 aliphatic rings. The van der Waals surface area contributed by atoms with Crippen LogP contribution < -0.4 is 9.64 Å². The number of methoxy groups -OCH3 is 1. The number of anilines is 1. The molecule has 3 heterocycles. The largest absolute Gasteiger partial charge is 0.497 e. The van der Waals surface area contributed by atoms with Crippen LogP contribution in [0, 0.1) is 5.92 Å². The SMILES string of the molecule is COc1cccc(N2CCC(N3CCC(C(O)c4cccs4)CC3)CC2)c1. The zero-order chi connectivity index (χ0) is 18.6. The highest BCUT2D eigenvalue weighted by molar-refractivity contribution is 7.10. The van der Waals surface area contributed by atoms with Crippen LogP contribution in [-0.4, -0.2) is 49.3 Å². The minimum atomic E-state index is -0.276. The minimum absolute atomic E-state index is 0.276. The van der Waals surface area contributed by atoms with Crippen LogP contribution in [-0.2, 0) is 0 Å². The molecular formula is C22H30N2O2S. The number of thiophene rings is 1. The Hall–Kier alpha value is -1.56. The fourth-order valence-electron chi connectivity index (χ4n) is 4.59. The van der Waals surface area contributed by atoms with E-state index >= 15 is 0 Å². The monoisotopic (exact) mass is 386 g/mol. The lowest BCUT2D eigenvalue weighted by molar-refractivity contribution is 0.0422. The number of rotatable bonds is 5. The van der Waals surface area contributed by atoms with Crippen LogP contribution in [0.25, 0.3) is 0 Å². The number of hydrogen-bond acceptors (Lipinski definition) is 5. The van der Waals surface area contributed by atoms with Crippen molar-refractivity contribution in [3.05, 3.63) is 46.7 Å². The van der Waals surface area contributed by atoms with Crippen LogP contribution in [0.1, 0.15) is 36.7 Å². The number of nitrogens with zero attached hydrogens (tertiary/aromatic N) is 2. The molecule has 1 aromatic heterocycles. The standard InChI is InChI=1S/C22H30N2O2S/c1-26-20-5-2-4-19(16-20)24-13-9-18(10-14-24)23-11-7-17(8-12-23)22(25)21-6-3-15-27-21/h2-6,15-18,22,25H,7-14H2,1H3. The summed E-state index contributed by atoms with van der Waals surface area (Å²) in [7, 11) is 1.73. The molecule has 1 unspecified atom stereocenters. The van der Waals surface area contributed by atoms with Gasteiger partial charge in [0.1, 0.15) is 5.75 Å². The molecule has 0 radical (unpaired) electrons. The Balaban J connectivity index is 1.27. The Morgan fingerprint density at radius 1 is 1.04 bits per heavy atom. The van der Waals surface area contributed by atoms with E-state index in [0.717, 1.165) is 49.6 Å². The van der Waals surface area contributed by atoms with E-state index in [1.54, 1.807) is 18.4 Å². The van der Waals surface area contributed by atoms with Crippen molar-refractivity contribution in [2.24, 2.45) is 5.92 Å². The predicted molar refractivity (Wildman–Crippen MR) is 112 cm³/mol. The van der Waals surface area contributed by atoms with Gasteiger partial charge in [-0.05, 0) is 68.3 Å². The van der Waals surface area contributed by atoms with Crippen molar-refractivity contribution in [1.29, 1.82) is 0 Å². The summed E-state index contributed by atoms with van der Waals surface area (Å²) in [5.41, 5.74) is 1.27. The maximum Gasteiger partial charge on any atom is 0.120 e. The van der Waals surface area contributed by atoms with Gasteiger partial charge < -0.3 is 19.6 Å². The van der Waals surface area contributed by atoms with E-state index in [2.05, 4.69) is 39.4 Å². The highest BCUT2D eigenvalue weighted by atomic mass is 32.1. The Kier molecular flexibility index (Phi) is 6.01. The summed E-state index contributed by atoms with van der Waals surface area (Å²) in [6.07, 6.45) is 4.37. The quantitative estimate of drug-likeness (QED) is 0.837. The predicted octanol–water partition coefficient (Wildman–Crippen LogP) is 4.17. The average molecular weight is 387 g/mol. The highest BCUT2D eigenvalue weighted by Crippen LogP contribution is 2.34. The Labute approximate surface area is 166 Å². The normalized spacial score (nSPS) is 21.3. The molecule has 0 aliphatic carbocycles. The summed E-state index contributed by atoms with van der Waals surface area (Å²) in [4.78, 5) is 6.27. The topological polar surface area (TPSA) is 35.9 Å². The van der Waals surface area contributed by atoms with Gasteiger partial charge >= 0.3 is 0 Å². The Morgan fingerprint density at radius 3 is 2.48 bits per heavy atom. The van der Waals surface area contributed by atoms with Gasteiger partial charge in [0.15, 0.2) is 0 Å². The first-order valence-electron chi connectivity index (χ1n) is 10.1. The number of benzene rings is 1. The second kappa shape index (κ2) is 8.63. The summed E-state index contributed by atoms with van der Waals surface area (Å²) in [5, 5.41) is 12.7. The van der Waals surface area contributed by atoms with Crippen molar-refractivity contribution in [2.75, 3.05) is 38.2 Å². The molecule has 2 fully saturated rings. The zero-order valence-corrected chi connectivity index (χ0v) is 16.9. The Morgan fingerprint density at radius 2 is 1.81 bits per heavy atom. The lowest BCUT2D eigenvalue weighted by Crippen LogP contribution is -2.48. The van der Waals surface area contributed by atoms with Gasteiger partial charge in [-0.3, -0.25) is 0 Å². The van der Waals surface area contributed by atoms with Crippen LogP contribution in [0.5, 0.6) is 5.75 Å². The molecule has 27 heavy (non-hydrogen) atoms. The van der Waals surface area contributed by atoms with Gasteiger partial charge in [0.05, 0.1) is 13.2 Å². The number of likely N-dealkylation sites (tertiary alicyclic amines) is 1. The van der Waals surface area contributed by atoms with Gasteiger partial charge in [0.2, 0.25) is 0 Å². The molecule has 0 bridgehead atoms. The highest BCUT2D eigenvalue weighted by Gasteiger charge is 2.31. The second-order valence-electron chi connectivity index (χ2n) is 7.75. The van der Waals surface area contributed by atoms with Crippen molar-refractivity contribution >= 4 is 17.0 Å². The van der Waals surface area contributed by atoms with Crippen LogP contribution in [0.2, 0.25) is 0 Å². The van der Waals surface area contributed by atoms with E-state index in [0.29, 0.717) is 12.0 Å². The summed E-state index contributed by atoms with van der Waals surface area (Å²) >= 11 is 1.68. The molecule has 0 spiro atoms. The molecule has 1 atom stereocenters. The second-order valence-corrected chi connectivity index (χ2v) is 8.73. The third-order valence-electron chi connectivity index (χ3n) is 6.25. The molecule has 2 saturated heterocycles. The first-order valence-corrected chi connectivity index (χ1v) is 11.0. The molecule has 4 rings (SSSR count). The van der Waals surface area contributed by atoms with E-state index < -0.39 is 0 Å². The molecule has 2 aromatic rings. The number of piperidine rings is 2. The van der Waals surface area contributed by atoms with Crippen LogP contribution in [0.15, 0.2) is 41.8 Å². The first-order chi connectivity index (χ1) is 13.2. The van der Waals surface area contributed by atoms with Gasteiger partial charge in [-0.1, -0.05) is 12.1 Å². The smallest absolute Gasteiger partial charge is 0.120 e. The molecule has 2 aliphatic heterocycles. The number of ether oxygens (including phenoxy) is 1. The van der Waals surface area contributed by atoms with Crippen molar-refractivity contribution in [3.8, 4) is 5.75 Å². The van der Waals surface area contributed by atoms with E-state index in [1.807, 2.05) is 12.1 Å². The van der Waals surface area contributed by atoms with Crippen molar-refractivity contribution in [2.45, 2.75) is 37.8 Å². The third kappa shape index (κ3) is 4.31. The summed E-state index contributed by atoms with van der Waals surface area (Å²) in [5.74, 6) is 1.35. The van der Waals surface area contributed by atoms with Crippen LogP contribution >= 0.6 is 11.3 Å². The lowest BCUT2D eigenvalue weighted by Gasteiger charge is -2.43. The van der Waals surface area contributed by atoms with E-state index in [4.69, 9.17) is 4.74 Å². The van der Waals surface area contributed by atoms with Gasteiger partial charge in [0.25, 0.3) is 0 Å². The van der Waals surface area contributed by atoms with Crippen molar-refractivity contribution < 1.29 is 9.84 Å². The maximum absolute atomic E-state index is 10.6. The van der Waals surface area contributed by atoms with Gasteiger partial charge in [0, 0.05) is 35.8 Å². The number of aliphatic hydroxyl groups excluding tert-OH is 1. The lowest BCUT2D eigenvalue weighted by atomic mass is 9.88. The summed E-state index contributed by atoms with van der Waals surface area (Å²) in [6, 6.07) is 13.2. The fourth-order valence-corrected chi connectivity index (χ4v) is 5.39. The van der Waals surface area contributed by atoms with Crippen molar-refractivity contribution in [3.63, 3.8) is 0 Å². The Bertz CT molecular complexity index is 705. The molecule has 4 nitrogen and oxygen atoms in total. The first kappa shape index (κ1) is 18.8. The van der Waals surface area contributed by atoms with Crippen LogP contribution in [0.4, 0.5) is 5.69 Å². The maximum atomic E-state index is 10.6. The molecule has 0 saturated carbocycles. The van der Waals surface area contributed by atoms with Crippen molar-refractivity contribution in [1.82, 2.24) is 4.90 Å². The number of aliphatic hydroxyl groups is 1. The molecule has 1 aromatic carbocycles. The average Bonchev–Trinajstić information content (AvgIpc) is 3.28. The molecule has 5 heteroatoms. The van der Waals surface area contributed by atoms with E-state index in [9.17, 15) is 5.11 Å². The molecule has 0 amide bonds. The van der Waals surface area contributed by atoms with Crippen LogP contribution in [0.3, 0.4) is 0 Å². The van der Waals surface area contributed by atoms with Gasteiger partial charge in [-0.15, -0.1) is 11.3 Å². The third-order valence-corrected chi connectivity index (χ3v) is 7.20. The van der Waals surface area contributed by atoms with E-state index in [1.165, 1.54) is 18.5 Å².